The second kappa shape index (κ2) is 3.72. The van der Waals surface area contributed by atoms with E-state index in [1.807, 2.05) is 11.7 Å². The minimum atomic E-state index is 0.721. The van der Waals surface area contributed by atoms with Crippen molar-refractivity contribution >= 4 is 32.8 Å². The molecule has 6 heteroatoms. The van der Waals surface area contributed by atoms with Crippen LogP contribution >= 0.6 is 15.9 Å². The van der Waals surface area contributed by atoms with Crippen molar-refractivity contribution < 1.29 is 0 Å². The van der Waals surface area contributed by atoms with Crippen molar-refractivity contribution in [3.63, 3.8) is 0 Å². The Balaban J connectivity index is 1.62. The van der Waals surface area contributed by atoms with Crippen LogP contribution in [-0.4, -0.2) is 32.3 Å². The third-order valence-corrected chi connectivity index (χ3v) is 6.19. The lowest BCUT2D eigenvalue weighted by Crippen LogP contribution is -2.59. The standard InChI is InChI=1S/C14H16BrN5/c1-19-13-10(12(15)18-19)14(17-6-16-13)20-5-9-7-2-3-8(4-7)11(9)20/h6-9,11H,2-5H2,1H3/t7-,8-,9-,11+/m0/s1. The fourth-order valence-corrected chi connectivity index (χ4v) is 5.40. The maximum Gasteiger partial charge on any atom is 0.164 e. The fourth-order valence-electron chi connectivity index (χ4n) is 4.81. The molecule has 3 heterocycles. The summed E-state index contributed by atoms with van der Waals surface area (Å²) in [4.78, 5) is 11.5. The average Bonchev–Trinajstić information content (AvgIpc) is 3.02. The van der Waals surface area contributed by atoms with E-state index >= 15 is 0 Å². The number of rotatable bonds is 1. The zero-order valence-electron chi connectivity index (χ0n) is 11.3. The van der Waals surface area contributed by atoms with Crippen LogP contribution in [-0.2, 0) is 7.05 Å². The van der Waals surface area contributed by atoms with E-state index in [1.54, 1.807) is 6.33 Å². The molecule has 2 bridgehead atoms. The van der Waals surface area contributed by atoms with Crippen LogP contribution in [0.5, 0.6) is 0 Å². The number of hydrogen-bond donors (Lipinski definition) is 0. The molecule has 5 rings (SSSR count). The molecule has 1 aliphatic heterocycles. The molecular weight excluding hydrogens is 318 g/mol. The predicted molar refractivity (Wildman–Crippen MR) is 79.5 cm³/mol. The van der Waals surface area contributed by atoms with Crippen molar-refractivity contribution in [2.75, 3.05) is 11.4 Å². The summed E-state index contributed by atoms with van der Waals surface area (Å²) in [7, 11) is 1.93. The van der Waals surface area contributed by atoms with Crippen molar-refractivity contribution in [3.8, 4) is 0 Å². The molecule has 0 amide bonds. The molecule has 0 N–H and O–H groups in total. The quantitative estimate of drug-likeness (QED) is 0.803. The average molecular weight is 334 g/mol. The largest absolute Gasteiger partial charge is 0.352 e. The molecule has 3 aliphatic rings. The van der Waals surface area contributed by atoms with Gasteiger partial charge in [-0.05, 0) is 52.9 Å². The maximum atomic E-state index is 4.58. The third-order valence-electron chi connectivity index (χ3n) is 5.64. The molecule has 5 nitrogen and oxygen atoms in total. The summed E-state index contributed by atoms with van der Waals surface area (Å²) in [5.74, 6) is 3.85. The van der Waals surface area contributed by atoms with Gasteiger partial charge < -0.3 is 4.90 Å². The zero-order valence-corrected chi connectivity index (χ0v) is 12.9. The van der Waals surface area contributed by atoms with Gasteiger partial charge in [0.1, 0.15) is 16.7 Å². The van der Waals surface area contributed by atoms with Crippen LogP contribution in [0.4, 0.5) is 5.82 Å². The van der Waals surface area contributed by atoms with Crippen LogP contribution in [0.3, 0.4) is 0 Å². The van der Waals surface area contributed by atoms with Crippen LogP contribution < -0.4 is 4.90 Å². The van der Waals surface area contributed by atoms with Gasteiger partial charge in [0, 0.05) is 19.6 Å². The Labute approximate surface area is 125 Å². The van der Waals surface area contributed by atoms with E-state index in [4.69, 9.17) is 0 Å². The predicted octanol–water partition coefficient (Wildman–Crippen LogP) is 2.36. The molecule has 2 aromatic rings. The number of fused-ring (bicyclic) bond motifs is 6. The summed E-state index contributed by atoms with van der Waals surface area (Å²) < 4.78 is 2.68. The lowest BCUT2D eigenvalue weighted by Gasteiger charge is -2.51. The van der Waals surface area contributed by atoms with Gasteiger partial charge in [-0.1, -0.05) is 0 Å². The number of aromatic nitrogens is 4. The first-order valence-corrected chi connectivity index (χ1v) is 8.13. The number of anilines is 1. The molecular formula is C14H16BrN5. The molecule has 4 atom stereocenters. The highest BCUT2D eigenvalue weighted by Crippen LogP contribution is 2.56. The van der Waals surface area contributed by atoms with Crippen LogP contribution in [0.25, 0.3) is 11.0 Å². The number of halogens is 1. The molecule has 20 heavy (non-hydrogen) atoms. The van der Waals surface area contributed by atoms with Crippen LogP contribution in [0.15, 0.2) is 10.9 Å². The SMILES string of the molecule is Cn1nc(Br)c2c(N3C[C@H]4[C@H]5CC[C@@H](C5)[C@H]43)ncnc21. The first kappa shape index (κ1) is 11.5. The van der Waals surface area contributed by atoms with Gasteiger partial charge in [0.2, 0.25) is 0 Å². The Kier molecular flexibility index (Phi) is 2.14. The van der Waals surface area contributed by atoms with Crippen molar-refractivity contribution in [1.29, 1.82) is 0 Å². The van der Waals surface area contributed by atoms with Gasteiger partial charge in [-0.3, -0.25) is 0 Å². The first-order valence-electron chi connectivity index (χ1n) is 7.34. The van der Waals surface area contributed by atoms with Crippen molar-refractivity contribution in [2.24, 2.45) is 24.8 Å². The van der Waals surface area contributed by atoms with Gasteiger partial charge in [-0.25, -0.2) is 14.6 Å². The van der Waals surface area contributed by atoms with E-state index < -0.39 is 0 Å². The lowest BCUT2D eigenvalue weighted by atomic mass is 9.77. The third kappa shape index (κ3) is 1.26. The minimum absolute atomic E-state index is 0.721. The highest BCUT2D eigenvalue weighted by Gasteiger charge is 2.57. The Morgan fingerprint density at radius 1 is 1.25 bits per heavy atom. The zero-order chi connectivity index (χ0) is 13.4. The van der Waals surface area contributed by atoms with E-state index in [1.165, 1.54) is 25.8 Å². The second-order valence-electron chi connectivity index (χ2n) is 6.45. The van der Waals surface area contributed by atoms with Crippen LogP contribution in [0.2, 0.25) is 0 Å². The van der Waals surface area contributed by atoms with Crippen LogP contribution in [0.1, 0.15) is 19.3 Å². The van der Waals surface area contributed by atoms with Gasteiger partial charge in [-0.2, -0.15) is 5.10 Å². The molecule has 0 radical (unpaired) electrons. The van der Waals surface area contributed by atoms with Gasteiger partial charge in [0.25, 0.3) is 0 Å². The topological polar surface area (TPSA) is 46.8 Å². The molecule has 2 aliphatic carbocycles. The van der Waals surface area contributed by atoms with E-state index in [2.05, 4.69) is 35.9 Å². The molecule has 0 spiro atoms. The van der Waals surface area contributed by atoms with Crippen molar-refractivity contribution in [1.82, 2.24) is 19.7 Å². The van der Waals surface area contributed by atoms with Gasteiger partial charge >= 0.3 is 0 Å². The van der Waals surface area contributed by atoms with Crippen LogP contribution in [0, 0.1) is 17.8 Å². The fraction of sp³-hybridized carbons (Fsp3) is 0.643. The molecule has 0 unspecified atom stereocenters. The Morgan fingerprint density at radius 3 is 2.95 bits per heavy atom. The Bertz CT molecular complexity index is 709. The summed E-state index contributed by atoms with van der Waals surface area (Å²) in [6.07, 6.45) is 5.97. The summed E-state index contributed by atoms with van der Waals surface area (Å²) >= 11 is 3.57. The van der Waals surface area contributed by atoms with Gasteiger partial charge in [0.05, 0.1) is 5.39 Å². The minimum Gasteiger partial charge on any atom is -0.352 e. The number of hydrogen-bond acceptors (Lipinski definition) is 4. The van der Waals surface area contributed by atoms with E-state index in [9.17, 15) is 0 Å². The molecule has 2 saturated carbocycles. The van der Waals surface area contributed by atoms with E-state index in [0.717, 1.165) is 45.3 Å². The van der Waals surface area contributed by atoms with Gasteiger partial charge in [0.15, 0.2) is 5.65 Å². The van der Waals surface area contributed by atoms with E-state index in [-0.39, 0.29) is 0 Å². The van der Waals surface area contributed by atoms with Gasteiger partial charge in [-0.15, -0.1) is 0 Å². The van der Waals surface area contributed by atoms with E-state index in [0.29, 0.717) is 0 Å². The van der Waals surface area contributed by atoms with Crippen molar-refractivity contribution in [3.05, 3.63) is 10.9 Å². The maximum absolute atomic E-state index is 4.58. The number of nitrogens with zero attached hydrogens (tertiary/aromatic N) is 5. The molecule has 0 aromatic carbocycles. The normalized spacial score (nSPS) is 34.6. The first-order chi connectivity index (χ1) is 9.74. The molecule has 3 fully saturated rings. The van der Waals surface area contributed by atoms with Crippen molar-refractivity contribution in [2.45, 2.75) is 25.3 Å². The summed E-state index contributed by atoms with van der Waals surface area (Å²) in [5, 5.41) is 5.50. The molecule has 1 saturated heterocycles. The smallest absolute Gasteiger partial charge is 0.164 e. The highest BCUT2D eigenvalue weighted by atomic mass is 79.9. The molecule has 2 aromatic heterocycles. The molecule has 104 valence electrons. The number of aryl methyl sites for hydroxylation is 1. The monoisotopic (exact) mass is 333 g/mol. The summed E-state index contributed by atoms with van der Waals surface area (Å²) in [6, 6.07) is 0.721. The second-order valence-corrected chi connectivity index (χ2v) is 7.20. The Hall–Kier alpha value is -1.17. The highest BCUT2D eigenvalue weighted by molar-refractivity contribution is 9.10. The Morgan fingerprint density at radius 2 is 2.10 bits per heavy atom. The summed E-state index contributed by atoms with van der Waals surface area (Å²) in [5.41, 5.74) is 0.911. The lowest BCUT2D eigenvalue weighted by molar-refractivity contribution is 0.198. The summed E-state index contributed by atoms with van der Waals surface area (Å²) in [6.45, 7) is 1.17.